The van der Waals surface area contributed by atoms with E-state index in [1.165, 1.54) is 12.7 Å². The molecule has 2 aromatic carbocycles. The van der Waals surface area contributed by atoms with Crippen LogP contribution in [0.1, 0.15) is 34.3 Å². The number of anilines is 1. The Hall–Kier alpha value is -3.13. The van der Waals surface area contributed by atoms with Gasteiger partial charge in [-0.15, -0.1) is 10.2 Å². The van der Waals surface area contributed by atoms with Crippen molar-refractivity contribution in [3.05, 3.63) is 71.1 Å². The van der Waals surface area contributed by atoms with Crippen molar-refractivity contribution in [1.29, 1.82) is 0 Å². The minimum Gasteiger partial charge on any atom is -0.465 e. The summed E-state index contributed by atoms with van der Waals surface area (Å²) in [5, 5.41) is 11.1. The Morgan fingerprint density at radius 3 is 2.59 bits per heavy atom. The maximum absolute atomic E-state index is 12.2. The fourth-order valence-corrected chi connectivity index (χ4v) is 3.18. The van der Waals surface area contributed by atoms with Crippen LogP contribution in [0.4, 0.5) is 5.69 Å². The number of aryl methyl sites for hydroxylation is 1. The maximum Gasteiger partial charge on any atom is 0.337 e. The topological polar surface area (TPSA) is 94.3 Å². The van der Waals surface area contributed by atoms with E-state index in [4.69, 9.17) is 4.42 Å². The van der Waals surface area contributed by atoms with E-state index in [9.17, 15) is 9.59 Å². The smallest absolute Gasteiger partial charge is 0.337 e. The van der Waals surface area contributed by atoms with E-state index >= 15 is 0 Å². The number of methoxy groups -OCH3 is 1. The molecule has 0 saturated carbocycles. The fraction of sp³-hybridized carbons (Fsp3) is 0.238. The Morgan fingerprint density at radius 2 is 1.86 bits per heavy atom. The molecular formula is C21H21N3O4S. The quantitative estimate of drug-likeness (QED) is 0.446. The highest BCUT2D eigenvalue weighted by Gasteiger charge is 2.12. The lowest BCUT2D eigenvalue weighted by Crippen LogP contribution is -2.14. The molecule has 0 atom stereocenters. The van der Waals surface area contributed by atoms with Crippen molar-refractivity contribution in [3.8, 4) is 0 Å². The Kier molecular flexibility index (Phi) is 7.02. The van der Waals surface area contributed by atoms with Gasteiger partial charge in [0.05, 0.1) is 24.8 Å². The molecule has 7 nitrogen and oxygen atoms in total. The third kappa shape index (κ3) is 5.92. The van der Waals surface area contributed by atoms with Gasteiger partial charge in [-0.3, -0.25) is 4.79 Å². The van der Waals surface area contributed by atoms with Gasteiger partial charge in [-0.05, 0) is 35.7 Å². The standard InChI is InChI=1S/C21H21N3O4S/c1-3-14-7-9-15(10-8-14)11-19-23-24-21(28-19)29-13-18(25)22-17-6-4-5-16(12-17)20(26)27-2/h4-10,12H,3,11,13H2,1-2H3,(H,22,25). The van der Waals surface area contributed by atoms with E-state index in [2.05, 4.69) is 39.3 Å². The number of nitrogens with zero attached hydrogens (tertiary/aromatic N) is 2. The lowest BCUT2D eigenvalue weighted by atomic mass is 10.1. The van der Waals surface area contributed by atoms with Gasteiger partial charge < -0.3 is 14.5 Å². The van der Waals surface area contributed by atoms with Gasteiger partial charge in [0.25, 0.3) is 5.22 Å². The highest BCUT2D eigenvalue weighted by molar-refractivity contribution is 7.99. The third-order valence-electron chi connectivity index (χ3n) is 4.13. The Bertz CT molecular complexity index is 986. The van der Waals surface area contributed by atoms with Crippen LogP contribution in [0, 0.1) is 0 Å². The summed E-state index contributed by atoms with van der Waals surface area (Å²) < 4.78 is 10.3. The monoisotopic (exact) mass is 411 g/mol. The lowest BCUT2D eigenvalue weighted by molar-refractivity contribution is -0.113. The molecule has 1 N–H and O–H groups in total. The van der Waals surface area contributed by atoms with Crippen LogP contribution in [0.3, 0.4) is 0 Å². The fourth-order valence-electron chi connectivity index (χ4n) is 2.60. The number of ether oxygens (including phenoxy) is 1. The van der Waals surface area contributed by atoms with Crippen molar-refractivity contribution in [2.45, 2.75) is 25.0 Å². The van der Waals surface area contributed by atoms with Crippen LogP contribution in [0.25, 0.3) is 0 Å². The first kappa shape index (κ1) is 20.6. The second-order valence-corrected chi connectivity index (χ2v) is 7.14. The van der Waals surface area contributed by atoms with E-state index in [0.717, 1.165) is 23.7 Å². The van der Waals surface area contributed by atoms with Crippen LogP contribution in [-0.2, 0) is 22.4 Å². The number of amides is 1. The number of rotatable bonds is 8. The Labute approximate surface area is 172 Å². The SMILES string of the molecule is CCc1ccc(Cc2nnc(SCC(=O)Nc3cccc(C(=O)OC)c3)o2)cc1. The first-order valence-electron chi connectivity index (χ1n) is 9.08. The van der Waals surface area contributed by atoms with Gasteiger partial charge in [-0.25, -0.2) is 4.79 Å². The number of nitrogens with one attached hydrogen (secondary N) is 1. The number of carbonyl (C=O) groups excluding carboxylic acids is 2. The van der Waals surface area contributed by atoms with Crippen LogP contribution in [0.2, 0.25) is 0 Å². The summed E-state index contributed by atoms with van der Waals surface area (Å²) in [5.74, 6) is -0.0944. The zero-order chi connectivity index (χ0) is 20.6. The first-order valence-corrected chi connectivity index (χ1v) is 10.1. The summed E-state index contributed by atoms with van der Waals surface area (Å²) in [7, 11) is 1.31. The molecule has 0 aliphatic heterocycles. The molecular weight excluding hydrogens is 390 g/mol. The van der Waals surface area contributed by atoms with Crippen LogP contribution in [0.15, 0.2) is 58.2 Å². The molecule has 0 unspecified atom stereocenters. The molecule has 1 heterocycles. The van der Waals surface area contributed by atoms with E-state index in [1.54, 1.807) is 24.3 Å². The van der Waals surface area contributed by atoms with Crippen molar-refractivity contribution < 1.29 is 18.7 Å². The predicted octanol–water partition coefficient (Wildman–Crippen LogP) is 3.74. The molecule has 0 aliphatic carbocycles. The lowest BCUT2D eigenvalue weighted by Gasteiger charge is -2.05. The Balaban J connectivity index is 1.51. The third-order valence-corrected chi connectivity index (χ3v) is 4.95. The molecule has 1 aromatic heterocycles. The zero-order valence-electron chi connectivity index (χ0n) is 16.2. The molecule has 3 aromatic rings. The van der Waals surface area contributed by atoms with E-state index in [0.29, 0.717) is 28.8 Å². The molecule has 0 saturated heterocycles. The van der Waals surface area contributed by atoms with E-state index < -0.39 is 5.97 Å². The van der Waals surface area contributed by atoms with Crippen molar-refractivity contribution in [2.75, 3.05) is 18.2 Å². The minimum absolute atomic E-state index is 0.106. The molecule has 0 radical (unpaired) electrons. The van der Waals surface area contributed by atoms with E-state index in [-0.39, 0.29) is 11.7 Å². The minimum atomic E-state index is -0.460. The molecule has 1 amide bonds. The first-order chi connectivity index (χ1) is 14.1. The molecule has 0 bridgehead atoms. The maximum atomic E-state index is 12.2. The molecule has 0 aliphatic rings. The van der Waals surface area contributed by atoms with Crippen molar-refractivity contribution >= 4 is 29.3 Å². The number of carbonyl (C=O) groups is 2. The van der Waals surface area contributed by atoms with Gasteiger partial charge >= 0.3 is 5.97 Å². The van der Waals surface area contributed by atoms with Crippen molar-refractivity contribution in [1.82, 2.24) is 10.2 Å². The average Bonchev–Trinajstić information content (AvgIpc) is 3.19. The summed E-state index contributed by atoms with van der Waals surface area (Å²) in [6, 6.07) is 14.8. The van der Waals surface area contributed by atoms with Crippen molar-refractivity contribution in [2.24, 2.45) is 0 Å². The molecule has 8 heteroatoms. The zero-order valence-corrected chi connectivity index (χ0v) is 17.0. The highest BCUT2D eigenvalue weighted by Crippen LogP contribution is 2.19. The summed E-state index contributed by atoms with van der Waals surface area (Å²) in [5.41, 5.74) is 3.25. The number of hydrogen-bond acceptors (Lipinski definition) is 7. The van der Waals surface area contributed by atoms with E-state index in [1.807, 2.05) is 12.1 Å². The normalized spacial score (nSPS) is 10.6. The van der Waals surface area contributed by atoms with Gasteiger partial charge in [-0.1, -0.05) is 49.0 Å². The average molecular weight is 411 g/mol. The summed E-state index contributed by atoms with van der Waals surface area (Å²) >= 11 is 1.16. The largest absolute Gasteiger partial charge is 0.465 e. The number of aromatic nitrogens is 2. The summed E-state index contributed by atoms with van der Waals surface area (Å²) in [4.78, 5) is 23.7. The van der Waals surface area contributed by atoms with Crippen molar-refractivity contribution in [3.63, 3.8) is 0 Å². The molecule has 29 heavy (non-hydrogen) atoms. The van der Waals surface area contributed by atoms with Crippen LogP contribution in [0.5, 0.6) is 0 Å². The summed E-state index contributed by atoms with van der Waals surface area (Å²) in [6.07, 6.45) is 1.54. The number of hydrogen-bond donors (Lipinski definition) is 1. The molecule has 150 valence electrons. The predicted molar refractivity (Wildman–Crippen MR) is 110 cm³/mol. The van der Waals surface area contributed by atoms with Crippen LogP contribution in [-0.4, -0.2) is 34.9 Å². The van der Waals surface area contributed by atoms with Crippen LogP contribution < -0.4 is 5.32 Å². The number of thioether (sulfide) groups is 1. The van der Waals surface area contributed by atoms with Gasteiger partial charge in [0.1, 0.15) is 0 Å². The molecule has 3 rings (SSSR count). The van der Waals surface area contributed by atoms with Crippen LogP contribution >= 0.6 is 11.8 Å². The number of esters is 1. The highest BCUT2D eigenvalue weighted by atomic mass is 32.2. The van der Waals surface area contributed by atoms with Gasteiger partial charge in [0.15, 0.2) is 0 Å². The van der Waals surface area contributed by atoms with Gasteiger partial charge in [0, 0.05) is 5.69 Å². The molecule has 0 spiro atoms. The Morgan fingerprint density at radius 1 is 1.10 bits per heavy atom. The second kappa shape index (κ2) is 9.88. The summed E-state index contributed by atoms with van der Waals surface area (Å²) in [6.45, 7) is 2.11. The van der Waals surface area contributed by atoms with Gasteiger partial charge in [-0.2, -0.15) is 0 Å². The molecule has 0 fully saturated rings. The second-order valence-electron chi connectivity index (χ2n) is 6.22. The number of benzene rings is 2. The van der Waals surface area contributed by atoms with Gasteiger partial charge in [0.2, 0.25) is 11.8 Å².